The molecule has 0 spiro atoms. The predicted octanol–water partition coefficient (Wildman–Crippen LogP) is 2.08. The second kappa shape index (κ2) is 4.67. The van der Waals surface area contributed by atoms with Crippen molar-refractivity contribution in [2.24, 2.45) is 21.5 Å². The number of carbonyl (C=O) groups excluding carboxylic acids is 1. The minimum Gasteiger partial charge on any atom is -0.369 e. The number of hydrogen-bond donors (Lipinski definition) is 2. The monoisotopic (exact) mass is 319 g/mol. The average Bonchev–Trinajstić information content (AvgIpc) is 2.79. The van der Waals surface area contributed by atoms with Gasteiger partial charge in [0.1, 0.15) is 5.66 Å². The highest BCUT2D eigenvalue weighted by atomic mass is 16.1. The molecule has 1 heterocycles. The molecule has 0 amide bonds. The van der Waals surface area contributed by atoms with Gasteiger partial charge in [0.15, 0.2) is 5.78 Å². The number of rotatable bonds is 1. The first kappa shape index (κ1) is 14.4. The highest BCUT2D eigenvalue weighted by molar-refractivity contribution is 6.22. The van der Waals surface area contributed by atoms with Crippen LogP contribution in [0.3, 0.4) is 0 Å². The summed E-state index contributed by atoms with van der Waals surface area (Å²) >= 11 is 0. The van der Waals surface area contributed by atoms with Crippen molar-refractivity contribution >= 4 is 23.4 Å². The number of nitrogens with zero attached hydrogens (tertiary/aromatic N) is 3. The first-order valence-electron chi connectivity index (χ1n) is 7.66. The van der Waals surface area contributed by atoms with Crippen LogP contribution in [0.5, 0.6) is 0 Å². The zero-order valence-electron chi connectivity index (χ0n) is 13.4. The third kappa shape index (κ3) is 1.93. The number of fused-ring (bicyclic) bond motifs is 3. The van der Waals surface area contributed by atoms with Gasteiger partial charge >= 0.3 is 0 Å². The molecule has 0 saturated carbocycles. The summed E-state index contributed by atoms with van der Waals surface area (Å²) in [7, 11) is 0. The average molecular weight is 319 g/mol. The molecule has 1 aliphatic heterocycles. The van der Waals surface area contributed by atoms with E-state index in [2.05, 4.69) is 9.98 Å². The van der Waals surface area contributed by atoms with Crippen molar-refractivity contribution < 1.29 is 4.79 Å². The minimum atomic E-state index is -0.660. The number of aliphatic imine (C=N–C) groups is 2. The molecule has 2 aliphatic rings. The van der Waals surface area contributed by atoms with Crippen molar-refractivity contribution in [2.75, 3.05) is 4.90 Å². The maximum atomic E-state index is 12.5. The van der Waals surface area contributed by atoms with Crippen LogP contribution in [0.1, 0.15) is 29.8 Å². The molecule has 0 bridgehead atoms. The van der Waals surface area contributed by atoms with Crippen LogP contribution in [0.4, 0.5) is 5.69 Å². The summed E-state index contributed by atoms with van der Waals surface area (Å²) in [6.45, 7) is 3.82. The molecule has 0 fully saturated rings. The molecule has 120 valence electrons. The first-order valence-corrected chi connectivity index (χ1v) is 7.66. The van der Waals surface area contributed by atoms with Crippen LogP contribution in [-0.4, -0.2) is 23.4 Å². The number of hydrogen-bond acceptors (Lipinski definition) is 6. The second-order valence-electron chi connectivity index (χ2n) is 6.37. The molecule has 0 unspecified atom stereocenters. The smallest absolute Gasteiger partial charge is 0.220 e. The van der Waals surface area contributed by atoms with Crippen LogP contribution in [-0.2, 0) is 0 Å². The third-order valence-electron chi connectivity index (χ3n) is 4.36. The number of anilines is 1. The molecule has 2 aromatic rings. The van der Waals surface area contributed by atoms with Gasteiger partial charge in [0, 0.05) is 16.8 Å². The Kier molecular flexibility index (Phi) is 2.81. The van der Waals surface area contributed by atoms with Crippen LogP contribution in [0.25, 0.3) is 11.1 Å². The summed E-state index contributed by atoms with van der Waals surface area (Å²) in [5.74, 6) is 0.495. The summed E-state index contributed by atoms with van der Waals surface area (Å²) in [5.41, 5.74) is 15.2. The van der Waals surface area contributed by atoms with E-state index >= 15 is 0 Å². The first-order chi connectivity index (χ1) is 11.4. The van der Waals surface area contributed by atoms with E-state index in [0.717, 1.165) is 22.4 Å². The summed E-state index contributed by atoms with van der Waals surface area (Å²) in [4.78, 5) is 22.8. The van der Waals surface area contributed by atoms with Crippen LogP contribution in [0, 0.1) is 0 Å². The Balaban J connectivity index is 1.87. The number of guanidine groups is 2. The van der Waals surface area contributed by atoms with E-state index < -0.39 is 5.66 Å². The summed E-state index contributed by atoms with van der Waals surface area (Å²) in [6.07, 6.45) is 0. The Morgan fingerprint density at radius 2 is 1.62 bits per heavy atom. The summed E-state index contributed by atoms with van der Waals surface area (Å²) < 4.78 is 0. The zero-order valence-corrected chi connectivity index (χ0v) is 13.4. The normalized spacial score (nSPS) is 17.9. The van der Waals surface area contributed by atoms with Gasteiger partial charge in [-0.05, 0) is 43.2 Å². The third-order valence-corrected chi connectivity index (χ3v) is 4.36. The van der Waals surface area contributed by atoms with Gasteiger partial charge in [-0.3, -0.25) is 9.69 Å². The van der Waals surface area contributed by atoms with Crippen LogP contribution in [0.2, 0.25) is 0 Å². The van der Waals surface area contributed by atoms with Crippen molar-refractivity contribution in [3.63, 3.8) is 0 Å². The molecule has 6 heteroatoms. The van der Waals surface area contributed by atoms with E-state index in [1.54, 1.807) is 0 Å². The Morgan fingerprint density at radius 1 is 0.958 bits per heavy atom. The number of benzene rings is 2. The molecule has 1 aliphatic carbocycles. The fraction of sp³-hybridized carbons (Fsp3) is 0.167. The van der Waals surface area contributed by atoms with Gasteiger partial charge in [-0.25, -0.2) is 4.99 Å². The van der Waals surface area contributed by atoms with Gasteiger partial charge in [-0.15, -0.1) is 0 Å². The van der Waals surface area contributed by atoms with Crippen molar-refractivity contribution in [2.45, 2.75) is 19.5 Å². The van der Waals surface area contributed by atoms with Gasteiger partial charge in [0.25, 0.3) is 0 Å². The quantitative estimate of drug-likeness (QED) is 0.717. The minimum absolute atomic E-state index is 0.0500. The van der Waals surface area contributed by atoms with E-state index in [9.17, 15) is 4.79 Å². The fourth-order valence-electron chi connectivity index (χ4n) is 3.40. The van der Waals surface area contributed by atoms with Gasteiger partial charge in [0.2, 0.25) is 11.9 Å². The standard InChI is InChI=1S/C18H17N5O/c1-18(2)22-16(19)21-17(20)23(18)10-7-8-13-14(9-10)11-5-3-4-6-12(11)15(13)24/h3-9H,1-2H3,(H4,19,20,21,22). The van der Waals surface area contributed by atoms with E-state index in [1.807, 2.05) is 61.2 Å². The maximum absolute atomic E-state index is 12.5. The number of nitrogens with two attached hydrogens (primary N) is 2. The van der Waals surface area contributed by atoms with Crippen molar-refractivity contribution in [3.05, 3.63) is 53.6 Å². The second-order valence-corrected chi connectivity index (χ2v) is 6.37. The van der Waals surface area contributed by atoms with Gasteiger partial charge in [-0.1, -0.05) is 24.3 Å². The van der Waals surface area contributed by atoms with Crippen LogP contribution < -0.4 is 16.4 Å². The Hall–Kier alpha value is -3.15. The molecule has 0 saturated heterocycles. The molecule has 24 heavy (non-hydrogen) atoms. The lowest BCUT2D eigenvalue weighted by atomic mass is 10.0. The highest BCUT2D eigenvalue weighted by Crippen LogP contribution is 2.39. The Bertz CT molecular complexity index is 942. The molecule has 0 atom stereocenters. The Labute approximate surface area is 139 Å². The molecular formula is C18H17N5O. The van der Waals surface area contributed by atoms with Gasteiger partial charge < -0.3 is 11.5 Å². The molecule has 0 radical (unpaired) electrons. The zero-order chi connectivity index (χ0) is 17.1. The molecule has 4 rings (SSSR count). The lowest BCUT2D eigenvalue weighted by Gasteiger charge is -2.38. The SMILES string of the molecule is CC1(C)N=C(N)N=C(N)N1c1ccc2c(c1)-c1ccccc1C2=O. The van der Waals surface area contributed by atoms with Crippen LogP contribution >= 0.6 is 0 Å². The molecule has 4 N–H and O–H groups in total. The molecule has 6 nitrogen and oxygen atoms in total. The Morgan fingerprint density at radius 3 is 2.33 bits per heavy atom. The maximum Gasteiger partial charge on any atom is 0.220 e. The number of carbonyl (C=O) groups is 1. The number of ketones is 1. The van der Waals surface area contributed by atoms with Crippen LogP contribution in [0.15, 0.2) is 52.4 Å². The van der Waals surface area contributed by atoms with E-state index in [0.29, 0.717) is 5.56 Å². The topological polar surface area (TPSA) is 97.1 Å². The lowest BCUT2D eigenvalue weighted by Crippen LogP contribution is -2.54. The predicted molar refractivity (Wildman–Crippen MR) is 95.1 cm³/mol. The highest BCUT2D eigenvalue weighted by Gasteiger charge is 2.34. The molecule has 0 aromatic heterocycles. The van der Waals surface area contributed by atoms with Crippen molar-refractivity contribution in [3.8, 4) is 11.1 Å². The lowest BCUT2D eigenvalue weighted by molar-refractivity contribution is 0.104. The fourth-order valence-corrected chi connectivity index (χ4v) is 3.40. The van der Waals surface area contributed by atoms with Gasteiger partial charge in [-0.2, -0.15) is 4.99 Å². The molecular weight excluding hydrogens is 302 g/mol. The van der Waals surface area contributed by atoms with E-state index in [1.165, 1.54) is 0 Å². The summed E-state index contributed by atoms with van der Waals surface area (Å²) in [6, 6.07) is 13.3. The molecule has 2 aromatic carbocycles. The van der Waals surface area contributed by atoms with E-state index in [4.69, 9.17) is 11.5 Å². The van der Waals surface area contributed by atoms with Crippen molar-refractivity contribution in [1.29, 1.82) is 0 Å². The largest absolute Gasteiger partial charge is 0.369 e. The van der Waals surface area contributed by atoms with Crippen molar-refractivity contribution in [1.82, 2.24) is 0 Å². The van der Waals surface area contributed by atoms with E-state index in [-0.39, 0.29) is 17.7 Å². The van der Waals surface area contributed by atoms with Gasteiger partial charge in [0.05, 0.1) is 0 Å². The summed E-state index contributed by atoms with van der Waals surface area (Å²) in [5, 5.41) is 0.